The number of nitrogens with one attached hydrogen (secondary N) is 1. The molecule has 2 heterocycles. The van der Waals surface area contributed by atoms with Crippen LogP contribution in [0.4, 0.5) is 10.5 Å². The molecular formula is C20H17Cl3N4O2. The minimum absolute atomic E-state index is 0.123. The number of carbonyl (C=O) groups excluding carboxylic acids is 1. The smallest absolute Gasteiger partial charge is 0.321 e. The van der Waals surface area contributed by atoms with Gasteiger partial charge in [0.15, 0.2) is 0 Å². The van der Waals surface area contributed by atoms with Gasteiger partial charge in [0, 0.05) is 35.3 Å². The number of carbonyl (C=O) groups is 1. The van der Waals surface area contributed by atoms with E-state index in [1.807, 2.05) is 12.1 Å². The molecular weight excluding hydrogens is 435 g/mol. The van der Waals surface area contributed by atoms with Crippen LogP contribution < -0.4 is 5.32 Å². The summed E-state index contributed by atoms with van der Waals surface area (Å²) in [5.41, 5.74) is 1.46. The van der Waals surface area contributed by atoms with Crippen LogP contribution in [0.1, 0.15) is 24.7 Å². The van der Waals surface area contributed by atoms with Crippen molar-refractivity contribution >= 4 is 46.5 Å². The van der Waals surface area contributed by atoms with Crippen LogP contribution in [0.15, 0.2) is 47.0 Å². The SMILES string of the molecule is O=C(Nc1ccc(Cl)c(Cl)c1)N1CCC(c2nc(-c3ccc(Cl)cc3)no2)CC1. The molecule has 1 N–H and O–H groups in total. The summed E-state index contributed by atoms with van der Waals surface area (Å²) in [7, 11) is 0. The van der Waals surface area contributed by atoms with E-state index in [-0.39, 0.29) is 11.9 Å². The monoisotopic (exact) mass is 450 g/mol. The zero-order valence-electron chi connectivity index (χ0n) is 15.2. The van der Waals surface area contributed by atoms with E-state index >= 15 is 0 Å². The number of hydrogen-bond acceptors (Lipinski definition) is 4. The highest BCUT2D eigenvalue weighted by Crippen LogP contribution is 2.30. The Kier molecular flexibility index (Phi) is 5.94. The van der Waals surface area contributed by atoms with Gasteiger partial charge in [0.05, 0.1) is 10.0 Å². The molecule has 6 nitrogen and oxygen atoms in total. The third-order valence-electron chi connectivity index (χ3n) is 4.85. The molecule has 2 aromatic carbocycles. The molecule has 0 atom stereocenters. The van der Waals surface area contributed by atoms with Gasteiger partial charge < -0.3 is 14.7 Å². The number of aromatic nitrogens is 2. The highest BCUT2D eigenvalue weighted by atomic mass is 35.5. The van der Waals surface area contributed by atoms with Gasteiger partial charge in [-0.15, -0.1) is 0 Å². The molecule has 150 valence electrons. The molecule has 0 aliphatic carbocycles. The van der Waals surface area contributed by atoms with Gasteiger partial charge in [-0.1, -0.05) is 40.0 Å². The van der Waals surface area contributed by atoms with Crippen LogP contribution in [-0.2, 0) is 0 Å². The normalized spacial score (nSPS) is 14.8. The number of nitrogens with zero attached hydrogens (tertiary/aromatic N) is 3. The number of hydrogen-bond donors (Lipinski definition) is 1. The Labute approximate surface area is 182 Å². The van der Waals surface area contributed by atoms with Crippen LogP contribution in [0.5, 0.6) is 0 Å². The average molecular weight is 452 g/mol. The Morgan fingerprint density at radius 3 is 2.45 bits per heavy atom. The second-order valence-electron chi connectivity index (χ2n) is 6.78. The van der Waals surface area contributed by atoms with E-state index in [4.69, 9.17) is 39.3 Å². The average Bonchev–Trinajstić information content (AvgIpc) is 3.21. The molecule has 0 unspecified atom stereocenters. The first kappa shape index (κ1) is 20.0. The second kappa shape index (κ2) is 8.61. The zero-order chi connectivity index (χ0) is 20.4. The van der Waals surface area contributed by atoms with Gasteiger partial charge in [-0.2, -0.15) is 4.98 Å². The molecule has 2 amide bonds. The summed E-state index contributed by atoms with van der Waals surface area (Å²) in [6, 6.07) is 12.1. The number of urea groups is 1. The molecule has 29 heavy (non-hydrogen) atoms. The van der Waals surface area contributed by atoms with Gasteiger partial charge in [0.1, 0.15) is 0 Å². The molecule has 1 saturated heterocycles. The molecule has 0 spiro atoms. The van der Waals surface area contributed by atoms with Gasteiger partial charge in [0.2, 0.25) is 11.7 Å². The third kappa shape index (κ3) is 4.66. The first-order valence-electron chi connectivity index (χ1n) is 9.10. The Hall–Kier alpha value is -2.28. The van der Waals surface area contributed by atoms with Crippen molar-refractivity contribution in [2.75, 3.05) is 18.4 Å². The zero-order valence-corrected chi connectivity index (χ0v) is 17.5. The Balaban J connectivity index is 1.35. The summed E-state index contributed by atoms with van der Waals surface area (Å²) in [4.78, 5) is 18.8. The maximum atomic E-state index is 12.5. The van der Waals surface area contributed by atoms with Gasteiger partial charge in [-0.05, 0) is 55.3 Å². The van der Waals surface area contributed by atoms with Gasteiger partial charge in [-0.25, -0.2) is 4.79 Å². The number of anilines is 1. The summed E-state index contributed by atoms with van der Waals surface area (Å²) in [6.07, 6.45) is 1.49. The Morgan fingerprint density at radius 1 is 1.03 bits per heavy atom. The fourth-order valence-corrected chi connectivity index (χ4v) is 3.65. The quantitative estimate of drug-likeness (QED) is 0.521. The highest BCUT2D eigenvalue weighted by Gasteiger charge is 2.27. The van der Waals surface area contributed by atoms with E-state index in [0.717, 1.165) is 18.4 Å². The van der Waals surface area contributed by atoms with E-state index in [2.05, 4.69) is 15.5 Å². The van der Waals surface area contributed by atoms with Crippen molar-refractivity contribution < 1.29 is 9.32 Å². The molecule has 1 aliphatic rings. The molecule has 3 aromatic rings. The van der Waals surface area contributed by atoms with E-state index in [0.29, 0.717) is 45.6 Å². The molecule has 0 bridgehead atoms. The van der Waals surface area contributed by atoms with Crippen molar-refractivity contribution in [3.05, 3.63) is 63.4 Å². The van der Waals surface area contributed by atoms with Crippen LogP contribution in [0.2, 0.25) is 15.1 Å². The Morgan fingerprint density at radius 2 is 1.76 bits per heavy atom. The summed E-state index contributed by atoms with van der Waals surface area (Å²) in [6.45, 7) is 1.19. The predicted molar refractivity (Wildman–Crippen MR) is 114 cm³/mol. The maximum absolute atomic E-state index is 12.5. The molecule has 0 radical (unpaired) electrons. The van der Waals surface area contributed by atoms with Crippen molar-refractivity contribution in [1.29, 1.82) is 0 Å². The summed E-state index contributed by atoms with van der Waals surface area (Å²) in [5, 5.41) is 8.42. The van der Waals surface area contributed by atoms with Crippen molar-refractivity contribution in [2.45, 2.75) is 18.8 Å². The number of likely N-dealkylation sites (tertiary alicyclic amines) is 1. The number of amides is 2. The number of piperidine rings is 1. The lowest BCUT2D eigenvalue weighted by molar-refractivity contribution is 0.187. The molecule has 1 fully saturated rings. The van der Waals surface area contributed by atoms with E-state index < -0.39 is 0 Å². The lowest BCUT2D eigenvalue weighted by Crippen LogP contribution is -2.40. The van der Waals surface area contributed by atoms with Crippen LogP contribution in [-0.4, -0.2) is 34.2 Å². The standard InChI is InChI=1S/C20H17Cl3N4O2/c21-14-3-1-12(2-4-14)18-25-19(29-26-18)13-7-9-27(10-8-13)20(28)24-15-5-6-16(22)17(23)11-15/h1-6,11,13H,7-10H2,(H,24,28). The lowest BCUT2D eigenvalue weighted by atomic mass is 9.97. The summed E-state index contributed by atoms with van der Waals surface area (Å²) >= 11 is 17.8. The molecule has 1 aromatic heterocycles. The first-order chi connectivity index (χ1) is 14.0. The van der Waals surface area contributed by atoms with Crippen LogP contribution >= 0.6 is 34.8 Å². The predicted octanol–water partition coefficient (Wildman–Crippen LogP) is 6.11. The van der Waals surface area contributed by atoms with Gasteiger partial charge >= 0.3 is 6.03 Å². The van der Waals surface area contributed by atoms with Crippen LogP contribution in [0.3, 0.4) is 0 Å². The highest BCUT2D eigenvalue weighted by molar-refractivity contribution is 6.42. The molecule has 4 rings (SSSR count). The summed E-state index contributed by atoms with van der Waals surface area (Å²) in [5.74, 6) is 1.26. The third-order valence-corrected chi connectivity index (χ3v) is 5.84. The molecule has 1 aliphatic heterocycles. The van der Waals surface area contributed by atoms with Crippen molar-refractivity contribution in [1.82, 2.24) is 15.0 Å². The number of halogens is 3. The summed E-state index contributed by atoms with van der Waals surface area (Å²) < 4.78 is 5.46. The first-order valence-corrected chi connectivity index (χ1v) is 10.2. The van der Waals surface area contributed by atoms with Crippen molar-refractivity contribution in [3.63, 3.8) is 0 Å². The fourth-order valence-electron chi connectivity index (χ4n) is 3.22. The van der Waals surface area contributed by atoms with Crippen LogP contribution in [0, 0.1) is 0 Å². The maximum Gasteiger partial charge on any atom is 0.321 e. The minimum Gasteiger partial charge on any atom is -0.339 e. The fraction of sp³-hybridized carbons (Fsp3) is 0.250. The number of benzene rings is 2. The van der Waals surface area contributed by atoms with E-state index in [1.165, 1.54) is 0 Å². The van der Waals surface area contributed by atoms with E-state index in [9.17, 15) is 4.79 Å². The minimum atomic E-state index is -0.172. The van der Waals surface area contributed by atoms with Crippen LogP contribution in [0.25, 0.3) is 11.4 Å². The Bertz CT molecular complexity index is 1010. The van der Waals surface area contributed by atoms with Crippen molar-refractivity contribution in [2.24, 2.45) is 0 Å². The van der Waals surface area contributed by atoms with Gasteiger partial charge in [-0.3, -0.25) is 0 Å². The number of rotatable bonds is 3. The topological polar surface area (TPSA) is 71.3 Å². The van der Waals surface area contributed by atoms with Crippen molar-refractivity contribution in [3.8, 4) is 11.4 Å². The molecule has 9 heteroatoms. The van der Waals surface area contributed by atoms with E-state index in [1.54, 1.807) is 35.2 Å². The second-order valence-corrected chi connectivity index (χ2v) is 8.03. The molecule has 0 saturated carbocycles. The largest absolute Gasteiger partial charge is 0.339 e. The van der Waals surface area contributed by atoms with Gasteiger partial charge in [0.25, 0.3) is 0 Å². The lowest BCUT2D eigenvalue weighted by Gasteiger charge is -2.30.